The molecule has 0 spiro atoms. The van der Waals surface area contributed by atoms with Gasteiger partial charge >= 0.3 is 23.6 Å². The predicted octanol–water partition coefficient (Wildman–Crippen LogP) is 5.80. The standard InChI is InChI=1S/C36H29N3O8S2/c40-33(24-15-7-2-8-16-24)44-21-27-28(46-34(41)25-17-9-3-10-18-25)29(47-35(42)26-19-11-4-12-20-26)32(45-27)39-36(43)37-30(48)31(38-39)49-22-23-13-5-1-6-14-23/h1-20,27-29,32H,21-22H2,(H,37,43,48)/t27-,28+,29+,32+/m0/s1. The monoisotopic (exact) mass is 695 g/mol. The van der Waals surface area contributed by atoms with Crippen LogP contribution in [0.1, 0.15) is 42.9 Å². The lowest BCUT2D eigenvalue weighted by Crippen LogP contribution is -2.43. The number of benzene rings is 4. The molecule has 0 saturated carbocycles. The van der Waals surface area contributed by atoms with E-state index in [2.05, 4.69) is 10.1 Å². The molecule has 1 aliphatic rings. The van der Waals surface area contributed by atoms with Crippen molar-refractivity contribution in [3.63, 3.8) is 0 Å². The van der Waals surface area contributed by atoms with Crippen LogP contribution in [0.4, 0.5) is 0 Å². The van der Waals surface area contributed by atoms with Crippen molar-refractivity contribution in [3.8, 4) is 0 Å². The number of H-pyrrole nitrogens is 1. The lowest BCUT2D eigenvalue weighted by Gasteiger charge is -2.24. The first-order chi connectivity index (χ1) is 23.9. The lowest BCUT2D eigenvalue weighted by molar-refractivity contribution is -0.0706. The highest BCUT2D eigenvalue weighted by molar-refractivity contribution is 7.98. The molecule has 13 heteroatoms. The van der Waals surface area contributed by atoms with E-state index < -0.39 is 54.7 Å². The number of esters is 3. The van der Waals surface area contributed by atoms with Gasteiger partial charge in [-0.05, 0) is 42.0 Å². The van der Waals surface area contributed by atoms with Gasteiger partial charge in [-0.3, -0.25) is 4.98 Å². The molecule has 4 aromatic carbocycles. The molecule has 11 nitrogen and oxygen atoms in total. The maximum Gasteiger partial charge on any atom is 0.345 e. The minimum absolute atomic E-state index is 0.110. The molecule has 1 N–H and O–H groups in total. The molecule has 49 heavy (non-hydrogen) atoms. The molecule has 0 radical (unpaired) electrons. The number of aromatic nitrogens is 3. The molecule has 5 aromatic rings. The first-order valence-electron chi connectivity index (χ1n) is 15.2. The molecule has 0 bridgehead atoms. The van der Waals surface area contributed by atoms with E-state index >= 15 is 0 Å². The van der Waals surface area contributed by atoms with Crippen molar-refractivity contribution in [3.05, 3.63) is 159 Å². The molecule has 1 saturated heterocycles. The quantitative estimate of drug-likeness (QED) is 0.0777. The number of carbonyl (C=O) groups excluding carboxylic acids is 3. The highest BCUT2D eigenvalue weighted by atomic mass is 32.2. The predicted molar refractivity (Wildman–Crippen MR) is 182 cm³/mol. The Morgan fingerprint density at radius 1 is 0.735 bits per heavy atom. The summed E-state index contributed by atoms with van der Waals surface area (Å²) < 4.78 is 24.8. The third-order valence-corrected chi connectivity index (χ3v) is 8.92. The van der Waals surface area contributed by atoms with E-state index in [0.29, 0.717) is 10.8 Å². The average molecular weight is 696 g/mol. The van der Waals surface area contributed by atoms with Gasteiger partial charge in [0.25, 0.3) is 0 Å². The van der Waals surface area contributed by atoms with Gasteiger partial charge in [-0.25, -0.2) is 19.2 Å². The fraction of sp³-hybridized carbons (Fsp3) is 0.167. The minimum Gasteiger partial charge on any atom is -0.459 e. The van der Waals surface area contributed by atoms with Crippen LogP contribution in [0.3, 0.4) is 0 Å². The molecule has 4 atom stereocenters. The molecular formula is C36H29N3O8S2. The van der Waals surface area contributed by atoms with Gasteiger partial charge in [-0.2, -0.15) is 9.78 Å². The lowest BCUT2D eigenvalue weighted by atomic mass is 10.1. The zero-order valence-corrected chi connectivity index (χ0v) is 27.4. The maximum atomic E-state index is 13.5. The van der Waals surface area contributed by atoms with Crippen molar-refractivity contribution < 1.29 is 33.3 Å². The number of aromatic amines is 1. The fourth-order valence-electron chi connectivity index (χ4n) is 5.04. The first kappa shape index (κ1) is 33.5. The van der Waals surface area contributed by atoms with E-state index in [4.69, 9.17) is 31.2 Å². The number of hydrogen-bond acceptors (Lipinski definition) is 11. The smallest absolute Gasteiger partial charge is 0.345 e. The van der Waals surface area contributed by atoms with Crippen LogP contribution in [0.2, 0.25) is 0 Å². The van der Waals surface area contributed by atoms with Crippen molar-refractivity contribution in [2.75, 3.05) is 6.61 Å². The largest absolute Gasteiger partial charge is 0.459 e. The maximum absolute atomic E-state index is 13.5. The summed E-state index contributed by atoms with van der Waals surface area (Å²) in [4.78, 5) is 55.8. The highest BCUT2D eigenvalue weighted by Crippen LogP contribution is 2.35. The third kappa shape index (κ3) is 8.20. The average Bonchev–Trinajstić information content (AvgIpc) is 3.47. The van der Waals surface area contributed by atoms with Gasteiger partial charge in [-0.15, -0.1) is 0 Å². The molecule has 1 aliphatic heterocycles. The Balaban J connectivity index is 1.37. The van der Waals surface area contributed by atoms with E-state index in [1.165, 1.54) is 11.8 Å². The van der Waals surface area contributed by atoms with E-state index in [9.17, 15) is 19.2 Å². The Kier molecular flexibility index (Phi) is 10.7. The van der Waals surface area contributed by atoms with E-state index in [0.717, 1.165) is 10.2 Å². The zero-order chi connectivity index (χ0) is 34.2. The van der Waals surface area contributed by atoms with Crippen LogP contribution in [-0.4, -0.2) is 57.6 Å². The van der Waals surface area contributed by atoms with Crippen molar-refractivity contribution >= 4 is 41.9 Å². The summed E-state index contributed by atoms with van der Waals surface area (Å²) in [7, 11) is 0. The molecule has 0 unspecified atom stereocenters. The molecule has 1 fully saturated rings. The van der Waals surface area contributed by atoms with Crippen LogP contribution in [0.5, 0.6) is 0 Å². The third-order valence-electron chi connectivity index (χ3n) is 7.46. The molecular weight excluding hydrogens is 667 g/mol. The van der Waals surface area contributed by atoms with Crippen molar-refractivity contribution in [2.45, 2.75) is 35.3 Å². The summed E-state index contributed by atoms with van der Waals surface area (Å²) in [5.41, 5.74) is 0.963. The van der Waals surface area contributed by atoms with Crippen molar-refractivity contribution in [1.82, 2.24) is 14.8 Å². The number of nitrogens with zero attached hydrogens (tertiary/aromatic N) is 2. The van der Waals surface area contributed by atoms with Gasteiger partial charge in [-0.1, -0.05) is 109 Å². The summed E-state index contributed by atoms with van der Waals surface area (Å²) in [6.07, 6.45) is -5.36. The Bertz CT molecular complexity index is 2030. The Morgan fingerprint density at radius 3 is 1.78 bits per heavy atom. The molecule has 0 aliphatic carbocycles. The summed E-state index contributed by atoms with van der Waals surface area (Å²) >= 11 is 6.71. The van der Waals surface area contributed by atoms with Crippen LogP contribution < -0.4 is 5.69 Å². The summed E-state index contributed by atoms with van der Waals surface area (Å²) in [5, 5.41) is 4.83. The minimum atomic E-state index is -1.42. The molecule has 0 amide bonds. The normalized spacial score (nSPS) is 18.4. The van der Waals surface area contributed by atoms with E-state index in [-0.39, 0.29) is 21.3 Å². The summed E-state index contributed by atoms with van der Waals surface area (Å²) in [5.74, 6) is -1.67. The van der Waals surface area contributed by atoms with Gasteiger partial charge in [0.05, 0.1) is 16.7 Å². The second-order valence-corrected chi connectivity index (χ2v) is 12.2. The molecule has 6 rings (SSSR count). The number of hydrogen-bond donors (Lipinski definition) is 1. The number of ether oxygens (including phenoxy) is 4. The molecule has 1 aromatic heterocycles. The Hall–Kier alpha value is -5.37. The van der Waals surface area contributed by atoms with Gasteiger partial charge in [0.1, 0.15) is 17.4 Å². The van der Waals surface area contributed by atoms with Crippen molar-refractivity contribution in [2.24, 2.45) is 0 Å². The number of carbonyl (C=O) groups is 3. The van der Waals surface area contributed by atoms with Gasteiger partial charge in [0.2, 0.25) is 0 Å². The number of nitrogens with one attached hydrogen (secondary N) is 1. The molecule has 2 heterocycles. The van der Waals surface area contributed by atoms with Gasteiger partial charge in [0, 0.05) is 5.75 Å². The summed E-state index contributed by atoms with van der Waals surface area (Å²) in [6.45, 7) is -0.413. The highest BCUT2D eigenvalue weighted by Gasteiger charge is 2.52. The van der Waals surface area contributed by atoms with Crippen LogP contribution in [0.25, 0.3) is 0 Å². The Labute approximate surface area is 289 Å². The van der Waals surface area contributed by atoms with E-state index in [1.54, 1.807) is 91.0 Å². The molecule has 248 valence electrons. The van der Waals surface area contributed by atoms with Crippen LogP contribution in [0, 0.1) is 4.64 Å². The second kappa shape index (κ2) is 15.7. The van der Waals surface area contributed by atoms with Gasteiger partial charge in [0.15, 0.2) is 23.5 Å². The van der Waals surface area contributed by atoms with Crippen LogP contribution in [-0.2, 0) is 24.7 Å². The summed E-state index contributed by atoms with van der Waals surface area (Å²) in [6, 6.07) is 34.3. The van der Waals surface area contributed by atoms with Crippen molar-refractivity contribution in [1.29, 1.82) is 0 Å². The fourth-order valence-corrected chi connectivity index (χ4v) is 6.17. The second-order valence-electron chi connectivity index (χ2n) is 10.8. The van der Waals surface area contributed by atoms with Gasteiger partial charge < -0.3 is 18.9 Å². The number of thioether (sulfide) groups is 1. The topological polar surface area (TPSA) is 139 Å². The zero-order valence-electron chi connectivity index (χ0n) is 25.7. The van der Waals surface area contributed by atoms with E-state index in [1.807, 2.05) is 30.3 Å². The Morgan fingerprint density at radius 2 is 1.22 bits per heavy atom. The first-order valence-corrected chi connectivity index (χ1v) is 16.6. The SMILES string of the molecule is O=C(OC[C@@H]1O[C@@H](n2nc(SCc3ccccc3)c(=S)[nH]c2=O)[C@H](OC(=O)c2ccccc2)[C@@H]1OC(=O)c1ccccc1)c1ccccc1. The van der Waals surface area contributed by atoms with Crippen LogP contribution in [0.15, 0.2) is 131 Å². The number of rotatable bonds is 11. The van der Waals surface area contributed by atoms with Crippen LogP contribution >= 0.6 is 24.0 Å².